The predicted octanol–water partition coefficient (Wildman–Crippen LogP) is 1.80. The summed E-state index contributed by atoms with van der Waals surface area (Å²) >= 11 is 0. The molecule has 108 valence electrons. The van der Waals surface area contributed by atoms with Crippen LogP contribution in [0, 0.1) is 5.82 Å². The Balaban J connectivity index is 1.55. The van der Waals surface area contributed by atoms with Gasteiger partial charge in [-0.05, 0) is 23.8 Å². The first-order valence-corrected chi connectivity index (χ1v) is 7.07. The van der Waals surface area contributed by atoms with Crippen LogP contribution < -0.4 is 9.88 Å². The summed E-state index contributed by atoms with van der Waals surface area (Å²) in [5.74, 6) is 0.916. The van der Waals surface area contributed by atoms with E-state index in [2.05, 4.69) is 21.1 Å². The number of nitrogens with zero attached hydrogens (tertiary/aromatic N) is 3. The quantitative estimate of drug-likeness (QED) is 0.806. The summed E-state index contributed by atoms with van der Waals surface area (Å²) in [5, 5.41) is 6.50. The minimum atomic E-state index is -0.222. The third-order valence-corrected chi connectivity index (χ3v) is 3.53. The molecule has 0 amide bonds. The monoisotopic (exact) mass is 285 g/mol. The van der Waals surface area contributed by atoms with Crippen LogP contribution in [0.3, 0.4) is 0 Å². The Labute approximate surface area is 123 Å². The van der Waals surface area contributed by atoms with E-state index in [1.165, 1.54) is 12.1 Å². The largest absolute Gasteiger partial charge is 0.289 e. The molecule has 1 saturated heterocycles. The van der Waals surface area contributed by atoms with Gasteiger partial charge in [-0.2, -0.15) is 5.10 Å². The zero-order valence-electron chi connectivity index (χ0n) is 11.7. The number of anilines is 1. The molecule has 0 unspecified atom stereocenters. The number of pyridine rings is 1. The zero-order chi connectivity index (χ0) is 14.5. The molecule has 1 fully saturated rings. The van der Waals surface area contributed by atoms with Crippen molar-refractivity contribution in [3.63, 3.8) is 0 Å². The maximum atomic E-state index is 12.8. The number of hydrogen-bond acceptors (Lipinski definition) is 3. The lowest BCUT2D eigenvalue weighted by Gasteiger charge is -2.28. The Bertz CT molecular complexity index is 589. The number of hydrazone groups is 1. The van der Waals surface area contributed by atoms with Gasteiger partial charge >= 0.3 is 0 Å². The highest BCUT2D eigenvalue weighted by atomic mass is 19.1. The highest BCUT2D eigenvalue weighted by molar-refractivity contribution is 5.79. The predicted molar refractivity (Wildman–Crippen MR) is 80.8 cm³/mol. The summed E-state index contributed by atoms with van der Waals surface area (Å²) in [6, 6.07) is 12.5. The fourth-order valence-electron chi connectivity index (χ4n) is 2.33. The number of piperazine rings is 1. The Kier molecular flexibility index (Phi) is 4.09. The Hall–Kier alpha value is -2.43. The van der Waals surface area contributed by atoms with E-state index in [-0.39, 0.29) is 5.82 Å². The van der Waals surface area contributed by atoms with E-state index in [0.717, 1.165) is 37.6 Å². The molecule has 5 heteroatoms. The first-order chi connectivity index (χ1) is 10.3. The first-order valence-electron chi connectivity index (χ1n) is 7.07. The molecule has 2 heterocycles. The number of aromatic amines is 1. The van der Waals surface area contributed by atoms with Gasteiger partial charge in [-0.3, -0.25) is 9.91 Å². The van der Waals surface area contributed by atoms with Gasteiger partial charge in [0.15, 0.2) is 0 Å². The van der Waals surface area contributed by atoms with Crippen LogP contribution in [0.15, 0.2) is 53.8 Å². The Morgan fingerprint density at radius 1 is 1.00 bits per heavy atom. The summed E-state index contributed by atoms with van der Waals surface area (Å²) in [4.78, 5) is 5.56. The minimum absolute atomic E-state index is 0.222. The van der Waals surface area contributed by atoms with Crippen molar-refractivity contribution in [2.24, 2.45) is 5.10 Å². The van der Waals surface area contributed by atoms with E-state index in [0.29, 0.717) is 0 Å². The topological polar surface area (TPSA) is 33.0 Å². The number of nitrogens with one attached hydrogen (secondary N) is 1. The fourth-order valence-corrected chi connectivity index (χ4v) is 2.33. The molecule has 0 atom stereocenters. The van der Waals surface area contributed by atoms with Crippen LogP contribution in [0.4, 0.5) is 10.2 Å². The van der Waals surface area contributed by atoms with Gasteiger partial charge in [0, 0.05) is 6.07 Å². The molecule has 3 rings (SSSR count). The highest BCUT2D eigenvalue weighted by Crippen LogP contribution is 2.10. The van der Waals surface area contributed by atoms with Crippen LogP contribution in [0.5, 0.6) is 0 Å². The number of halogens is 1. The summed E-state index contributed by atoms with van der Waals surface area (Å²) in [6.07, 6.45) is 3.72. The SMILES string of the molecule is Fc1ccc(/C=N\N2CCN(c3cccc[nH+]3)CC2)cc1. The van der Waals surface area contributed by atoms with Crippen molar-refractivity contribution >= 4 is 12.0 Å². The molecule has 0 radical (unpaired) electrons. The van der Waals surface area contributed by atoms with E-state index in [4.69, 9.17) is 0 Å². The average Bonchev–Trinajstić information content (AvgIpc) is 2.56. The van der Waals surface area contributed by atoms with Crippen molar-refractivity contribution < 1.29 is 9.37 Å². The molecular formula is C16H18FN4+. The van der Waals surface area contributed by atoms with Crippen molar-refractivity contribution in [3.05, 3.63) is 60.0 Å². The van der Waals surface area contributed by atoms with Gasteiger partial charge in [-0.25, -0.2) is 9.37 Å². The van der Waals surface area contributed by atoms with Gasteiger partial charge in [0.25, 0.3) is 5.82 Å². The van der Waals surface area contributed by atoms with Crippen molar-refractivity contribution in [3.8, 4) is 0 Å². The lowest BCUT2D eigenvalue weighted by Crippen LogP contribution is -2.45. The smallest absolute Gasteiger partial charge is 0.274 e. The zero-order valence-corrected chi connectivity index (χ0v) is 11.7. The van der Waals surface area contributed by atoms with Crippen LogP contribution in [-0.2, 0) is 0 Å². The molecule has 1 aromatic carbocycles. The molecule has 0 saturated carbocycles. The van der Waals surface area contributed by atoms with E-state index in [1.807, 2.05) is 23.3 Å². The van der Waals surface area contributed by atoms with Crippen molar-refractivity contribution in [1.82, 2.24) is 5.01 Å². The van der Waals surface area contributed by atoms with E-state index >= 15 is 0 Å². The second kappa shape index (κ2) is 6.35. The lowest BCUT2D eigenvalue weighted by atomic mass is 10.2. The molecule has 1 N–H and O–H groups in total. The van der Waals surface area contributed by atoms with E-state index in [9.17, 15) is 4.39 Å². The molecule has 1 aromatic heterocycles. The van der Waals surface area contributed by atoms with Gasteiger partial charge in [0.1, 0.15) is 18.9 Å². The van der Waals surface area contributed by atoms with E-state index < -0.39 is 0 Å². The molecule has 0 spiro atoms. The summed E-state index contributed by atoms with van der Waals surface area (Å²) in [6.45, 7) is 3.61. The fraction of sp³-hybridized carbons (Fsp3) is 0.250. The Morgan fingerprint density at radius 3 is 2.43 bits per heavy atom. The van der Waals surface area contributed by atoms with Crippen LogP contribution >= 0.6 is 0 Å². The highest BCUT2D eigenvalue weighted by Gasteiger charge is 2.21. The lowest BCUT2D eigenvalue weighted by molar-refractivity contribution is -0.364. The van der Waals surface area contributed by atoms with Crippen molar-refractivity contribution in [1.29, 1.82) is 0 Å². The summed E-state index contributed by atoms with van der Waals surface area (Å²) < 4.78 is 12.8. The molecule has 2 aromatic rings. The molecule has 0 bridgehead atoms. The van der Waals surface area contributed by atoms with E-state index in [1.54, 1.807) is 18.3 Å². The first kappa shape index (κ1) is 13.5. The third kappa shape index (κ3) is 3.56. The van der Waals surface area contributed by atoms with Crippen LogP contribution in [-0.4, -0.2) is 37.4 Å². The van der Waals surface area contributed by atoms with Gasteiger partial charge < -0.3 is 0 Å². The van der Waals surface area contributed by atoms with Crippen LogP contribution in [0.1, 0.15) is 5.56 Å². The number of H-pyrrole nitrogens is 1. The molecule has 1 aliphatic heterocycles. The Morgan fingerprint density at radius 2 is 1.76 bits per heavy atom. The van der Waals surface area contributed by atoms with Crippen molar-refractivity contribution in [2.75, 3.05) is 31.1 Å². The van der Waals surface area contributed by atoms with Gasteiger partial charge in [-0.1, -0.05) is 18.2 Å². The number of aromatic nitrogens is 1. The molecule has 4 nitrogen and oxygen atoms in total. The second-order valence-corrected chi connectivity index (χ2v) is 4.98. The average molecular weight is 285 g/mol. The number of benzene rings is 1. The molecule has 1 aliphatic rings. The molecular weight excluding hydrogens is 267 g/mol. The standard InChI is InChI=1S/C16H17FN4/c17-15-6-4-14(5-7-15)13-19-21-11-9-20(10-12-21)16-3-1-2-8-18-16/h1-8,13H,9-12H2/p+1/b19-13-. The van der Waals surface area contributed by atoms with Crippen molar-refractivity contribution in [2.45, 2.75) is 0 Å². The number of hydrogen-bond donors (Lipinski definition) is 0. The molecule has 0 aliphatic carbocycles. The molecule has 21 heavy (non-hydrogen) atoms. The minimum Gasteiger partial charge on any atom is -0.289 e. The third-order valence-electron chi connectivity index (χ3n) is 3.53. The van der Waals surface area contributed by atoms with Gasteiger partial charge in [0.2, 0.25) is 0 Å². The maximum absolute atomic E-state index is 12.8. The summed E-state index contributed by atoms with van der Waals surface area (Å²) in [7, 11) is 0. The number of rotatable bonds is 3. The van der Waals surface area contributed by atoms with Crippen LogP contribution in [0.2, 0.25) is 0 Å². The normalized spacial score (nSPS) is 15.7. The van der Waals surface area contributed by atoms with Gasteiger partial charge in [0.05, 0.1) is 25.5 Å². The van der Waals surface area contributed by atoms with Crippen LogP contribution in [0.25, 0.3) is 0 Å². The maximum Gasteiger partial charge on any atom is 0.274 e. The van der Waals surface area contributed by atoms with Gasteiger partial charge in [-0.15, -0.1) is 0 Å². The second-order valence-electron chi connectivity index (χ2n) is 4.98. The summed E-state index contributed by atoms with van der Waals surface area (Å²) in [5.41, 5.74) is 0.912.